The summed E-state index contributed by atoms with van der Waals surface area (Å²) in [5.41, 5.74) is 0. The molecule has 1 aromatic rings. The zero-order valence-corrected chi connectivity index (χ0v) is 8.60. The van der Waals surface area contributed by atoms with Gasteiger partial charge in [0, 0.05) is 0 Å². The number of halogens is 4. The van der Waals surface area contributed by atoms with Crippen molar-refractivity contribution < 1.29 is 21.8 Å². The summed E-state index contributed by atoms with van der Waals surface area (Å²) < 4.78 is 41.2. The lowest BCUT2D eigenvalue weighted by Crippen LogP contribution is -2.30. The molecule has 0 unspecified atom stereocenters. The summed E-state index contributed by atoms with van der Waals surface area (Å²) in [5.74, 6) is 0. The van der Waals surface area contributed by atoms with Crippen molar-refractivity contribution >= 4 is 7.25 Å². The SMILES string of the molecule is CCCCC[n+]1cc[nH]c1.F[B-](F)(F)F. The van der Waals surface area contributed by atoms with Crippen molar-refractivity contribution in [3.8, 4) is 0 Å². The van der Waals surface area contributed by atoms with E-state index in [1.807, 2.05) is 12.5 Å². The molecule has 88 valence electrons. The molecule has 0 aliphatic carbocycles. The first-order valence-electron chi connectivity index (χ1n) is 4.82. The number of nitrogens with one attached hydrogen (secondary N) is 1. The van der Waals surface area contributed by atoms with Gasteiger partial charge >= 0.3 is 7.25 Å². The van der Waals surface area contributed by atoms with Gasteiger partial charge in [-0.15, -0.1) is 0 Å². The fraction of sp³-hybridized carbons (Fsp3) is 0.625. The summed E-state index contributed by atoms with van der Waals surface area (Å²) >= 11 is 0. The number of aryl methyl sites for hydroxylation is 1. The minimum atomic E-state index is -6.00. The molecule has 0 radical (unpaired) electrons. The third-order valence-electron chi connectivity index (χ3n) is 1.62. The van der Waals surface area contributed by atoms with E-state index in [2.05, 4.69) is 22.7 Å². The number of aromatic amines is 1. The molecular formula is C8H15BF4N2. The van der Waals surface area contributed by atoms with E-state index < -0.39 is 7.25 Å². The topological polar surface area (TPSA) is 19.7 Å². The van der Waals surface area contributed by atoms with Crippen LogP contribution in [-0.2, 0) is 6.54 Å². The Hall–Kier alpha value is -1.01. The fourth-order valence-corrected chi connectivity index (χ4v) is 1.00. The van der Waals surface area contributed by atoms with Gasteiger partial charge in [-0.25, -0.2) is 4.57 Å². The lowest BCUT2D eigenvalue weighted by atomic mass is 10.2. The molecule has 0 bridgehead atoms. The molecule has 7 heteroatoms. The van der Waals surface area contributed by atoms with Gasteiger partial charge in [0.25, 0.3) is 0 Å². The van der Waals surface area contributed by atoms with Crippen LogP contribution in [-0.4, -0.2) is 12.2 Å². The number of aromatic nitrogens is 2. The van der Waals surface area contributed by atoms with Crippen LogP contribution in [0.4, 0.5) is 17.3 Å². The molecular weight excluding hydrogens is 211 g/mol. The fourth-order valence-electron chi connectivity index (χ4n) is 1.00. The second kappa shape index (κ2) is 7.31. The third-order valence-corrected chi connectivity index (χ3v) is 1.62. The molecule has 1 N–H and O–H groups in total. The van der Waals surface area contributed by atoms with Crippen LogP contribution in [0.15, 0.2) is 18.7 Å². The molecule has 1 aromatic heterocycles. The Morgan fingerprint density at radius 2 is 1.80 bits per heavy atom. The normalized spacial score (nSPS) is 10.7. The van der Waals surface area contributed by atoms with E-state index in [0.29, 0.717) is 0 Å². The number of hydrogen-bond donors (Lipinski definition) is 1. The van der Waals surface area contributed by atoms with Crippen LogP contribution in [0.3, 0.4) is 0 Å². The minimum absolute atomic E-state index is 1.15. The molecule has 0 fully saturated rings. The summed E-state index contributed by atoms with van der Waals surface area (Å²) in [6, 6.07) is 0. The number of nitrogens with zero attached hydrogens (tertiary/aromatic N) is 1. The van der Waals surface area contributed by atoms with Crippen molar-refractivity contribution in [1.82, 2.24) is 4.98 Å². The van der Waals surface area contributed by atoms with Crippen molar-refractivity contribution in [1.29, 1.82) is 0 Å². The number of H-pyrrole nitrogens is 1. The monoisotopic (exact) mass is 226 g/mol. The Balaban J connectivity index is 0.000000336. The largest absolute Gasteiger partial charge is 0.673 e. The molecule has 0 aliphatic rings. The molecule has 0 aromatic carbocycles. The van der Waals surface area contributed by atoms with Crippen molar-refractivity contribution in [3.63, 3.8) is 0 Å². The maximum absolute atomic E-state index is 9.75. The smallest absolute Gasteiger partial charge is 0.418 e. The highest BCUT2D eigenvalue weighted by Crippen LogP contribution is 2.06. The van der Waals surface area contributed by atoms with Crippen molar-refractivity contribution in [3.05, 3.63) is 18.7 Å². The van der Waals surface area contributed by atoms with E-state index in [4.69, 9.17) is 0 Å². The van der Waals surface area contributed by atoms with Crippen LogP contribution < -0.4 is 4.57 Å². The van der Waals surface area contributed by atoms with Gasteiger partial charge in [0.2, 0.25) is 6.33 Å². The van der Waals surface area contributed by atoms with Gasteiger partial charge in [0.1, 0.15) is 12.4 Å². The molecule has 0 amide bonds. The summed E-state index contributed by atoms with van der Waals surface area (Å²) in [7, 11) is -6.00. The summed E-state index contributed by atoms with van der Waals surface area (Å²) in [6.45, 7) is 3.37. The Morgan fingerprint density at radius 1 is 1.20 bits per heavy atom. The molecule has 0 spiro atoms. The van der Waals surface area contributed by atoms with E-state index in [9.17, 15) is 17.3 Å². The second-order valence-corrected chi connectivity index (χ2v) is 3.05. The quantitative estimate of drug-likeness (QED) is 0.352. The maximum Gasteiger partial charge on any atom is 0.673 e. The van der Waals surface area contributed by atoms with E-state index in [1.54, 1.807) is 0 Å². The first kappa shape index (κ1) is 14.0. The van der Waals surface area contributed by atoms with Crippen molar-refractivity contribution in [2.24, 2.45) is 0 Å². The molecule has 0 aliphatic heterocycles. The minimum Gasteiger partial charge on any atom is -0.418 e. The first-order valence-corrected chi connectivity index (χ1v) is 4.82. The Morgan fingerprint density at radius 3 is 2.20 bits per heavy atom. The maximum atomic E-state index is 9.75. The Labute approximate surface area is 86.4 Å². The van der Waals surface area contributed by atoms with Gasteiger partial charge in [-0.3, -0.25) is 4.98 Å². The van der Waals surface area contributed by atoms with Gasteiger partial charge in [0.15, 0.2) is 0 Å². The van der Waals surface area contributed by atoms with Crippen LogP contribution in [0.5, 0.6) is 0 Å². The molecule has 1 heterocycles. The van der Waals surface area contributed by atoms with Crippen LogP contribution in [0.25, 0.3) is 0 Å². The van der Waals surface area contributed by atoms with Crippen LogP contribution in [0, 0.1) is 0 Å². The molecule has 0 saturated carbocycles. The molecule has 0 atom stereocenters. The van der Waals surface area contributed by atoms with Crippen LogP contribution in [0.1, 0.15) is 26.2 Å². The lowest BCUT2D eigenvalue weighted by Gasteiger charge is -1.94. The average molecular weight is 226 g/mol. The van der Waals surface area contributed by atoms with Gasteiger partial charge < -0.3 is 17.3 Å². The average Bonchev–Trinajstić information content (AvgIpc) is 2.54. The number of unbranched alkanes of at least 4 members (excludes halogenated alkanes) is 2. The van der Waals surface area contributed by atoms with Gasteiger partial charge in [-0.05, 0) is 12.8 Å². The Bertz CT molecular complexity index is 229. The molecule has 0 saturated heterocycles. The van der Waals surface area contributed by atoms with Crippen molar-refractivity contribution in [2.75, 3.05) is 0 Å². The Kier molecular flexibility index (Phi) is 6.82. The van der Waals surface area contributed by atoms with Gasteiger partial charge in [0.05, 0.1) is 6.54 Å². The van der Waals surface area contributed by atoms with E-state index in [-0.39, 0.29) is 0 Å². The van der Waals surface area contributed by atoms with E-state index in [1.165, 1.54) is 19.3 Å². The van der Waals surface area contributed by atoms with Gasteiger partial charge in [-0.2, -0.15) is 0 Å². The highest BCUT2D eigenvalue weighted by atomic mass is 19.5. The summed E-state index contributed by atoms with van der Waals surface area (Å²) in [5, 5.41) is 0. The molecule has 2 nitrogen and oxygen atoms in total. The highest BCUT2D eigenvalue weighted by molar-refractivity contribution is 6.50. The highest BCUT2D eigenvalue weighted by Gasteiger charge is 2.20. The van der Waals surface area contributed by atoms with E-state index >= 15 is 0 Å². The standard InChI is InChI=1S/C8H14N2.BF4/c1-2-3-4-6-10-7-5-9-8-10;2-1(3,4)5/h5,7-8H,2-4,6H2,1H3;/q;-1/p+1. The first-order chi connectivity index (χ1) is 6.93. The zero-order valence-electron chi connectivity index (χ0n) is 8.60. The van der Waals surface area contributed by atoms with Crippen LogP contribution in [0.2, 0.25) is 0 Å². The molecule has 1 rings (SSSR count). The predicted molar refractivity (Wildman–Crippen MR) is 50.7 cm³/mol. The number of hydrogen-bond acceptors (Lipinski definition) is 0. The second-order valence-electron chi connectivity index (χ2n) is 3.05. The summed E-state index contributed by atoms with van der Waals surface area (Å²) in [4.78, 5) is 3.02. The van der Waals surface area contributed by atoms with Crippen LogP contribution >= 0.6 is 0 Å². The number of imidazole rings is 1. The van der Waals surface area contributed by atoms with Crippen molar-refractivity contribution in [2.45, 2.75) is 32.7 Å². The lowest BCUT2D eigenvalue weighted by molar-refractivity contribution is -0.696. The van der Waals surface area contributed by atoms with E-state index in [0.717, 1.165) is 6.54 Å². The molecule has 15 heavy (non-hydrogen) atoms. The zero-order chi connectivity index (χ0) is 11.7. The summed E-state index contributed by atoms with van der Waals surface area (Å²) in [6.07, 6.45) is 9.93. The third kappa shape index (κ3) is 13.0. The predicted octanol–water partition coefficient (Wildman–Crippen LogP) is 2.79. The van der Waals surface area contributed by atoms with Gasteiger partial charge in [-0.1, -0.05) is 13.3 Å². The number of rotatable bonds is 4.